The Morgan fingerprint density at radius 2 is 2.05 bits per heavy atom. The molecule has 0 spiro atoms. The molecule has 2 nitrogen and oxygen atoms in total. The van der Waals surface area contributed by atoms with Crippen LogP contribution in [0.25, 0.3) is 11.3 Å². The van der Waals surface area contributed by atoms with Gasteiger partial charge < -0.3 is 5.32 Å². The Morgan fingerprint density at radius 3 is 2.68 bits per heavy atom. The second-order valence-electron chi connectivity index (χ2n) is 5.36. The van der Waals surface area contributed by atoms with Crippen molar-refractivity contribution in [3.63, 3.8) is 0 Å². The van der Waals surface area contributed by atoms with E-state index < -0.39 is 0 Å². The molecule has 1 saturated carbocycles. The summed E-state index contributed by atoms with van der Waals surface area (Å²) in [7, 11) is 2.01. The Balaban J connectivity index is 1.94. The van der Waals surface area contributed by atoms with E-state index in [1.165, 1.54) is 27.6 Å². The van der Waals surface area contributed by atoms with E-state index in [1.807, 2.05) is 18.4 Å². The quantitative estimate of drug-likeness (QED) is 0.898. The number of benzene rings is 1. The second kappa shape index (κ2) is 5.43. The third-order valence-electron chi connectivity index (χ3n) is 3.79. The topological polar surface area (TPSA) is 24.9 Å². The normalized spacial score (nSPS) is 21.6. The molecule has 1 aliphatic rings. The minimum absolute atomic E-state index is 0.718. The lowest BCUT2D eigenvalue weighted by molar-refractivity contribution is 0.799. The maximum absolute atomic E-state index is 4.94. The molecule has 0 saturated heterocycles. The molecule has 1 aliphatic carbocycles. The van der Waals surface area contributed by atoms with E-state index in [1.54, 1.807) is 0 Å². The molecule has 2 aromatic rings. The van der Waals surface area contributed by atoms with Crippen LogP contribution in [0.15, 0.2) is 30.3 Å². The van der Waals surface area contributed by atoms with E-state index in [0.29, 0.717) is 0 Å². The van der Waals surface area contributed by atoms with Crippen molar-refractivity contribution < 1.29 is 0 Å². The summed E-state index contributed by atoms with van der Waals surface area (Å²) in [4.78, 5) is 6.36. The Morgan fingerprint density at radius 1 is 1.32 bits per heavy atom. The highest BCUT2D eigenvalue weighted by atomic mass is 32.1. The lowest BCUT2D eigenvalue weighted by Crippen LogP contribution is -2.09. The summed E-state index contributed by atoms with van der Waals surface area (Å²) >= 11 is 1.92. The first kappa shape index (κ1) is 12.8. The summed E-state index contributed by atoms with van der Waals surface area (Å²) in [5, 5.41) is 4.58. The Kier molecular flexibility index (Phi) is 3.67. The second-order valence-corrected chi connectivity index (χ2v) is 6.48. The van der Waals surface area contributed by atoms with E-state index in [0.717, 1.165) is 24.8 Å². The molecule has 0 amide bonds. The molecule has 100 valence electrons. The number of rotatable bonds is 5. The lowest BCUT2D eigenvalue weighted by Gasteiger charge is -2.01. The van der Waals surface area contributed by atoms with Crippen LogP contribution in [0.2, 0.25) is 0 Å². The van der Waals surface area contributed by atoms with Gasteiger partial charge in [0, 0.05) is 16.4 Å². The number of aromatic nitrogens is 1. The fourth-order valence-electron chi connectivity index (χ4n) is 2.42. The van der Waals surface area contributed by atoms with Gasteiger partial charge in [-0.1, -0.05) is 37.3 Å². The van der Waals surface area contributed by atoms with Crippen LogP contribution in [-0.4, -0.2) is 18.6 Å². The van der Waals surface area contributed by atoms with Crippen LogP contribution >= 0.6 is 11.3 Å². The zero-order chi connectivity index (χ0) is 13.2. The fourth-order valence-corrected chi connectivity index (χ4v) is 3.76. The van der Waals surface area contributed by atoms with Crippen LogP contribution in [0.1, 0.15) is 29.1 Å². The highest BCUT2D eigenvalue weighted by molar-refractivity contribution is 7.12. The van der Waals surface area contributed by atoms with Gasteiger partial charge in [-0.2, -0.15) is 0 Å². The molecule has 1 heterocycles. The van der Waals surface area contributed by atoms with Gasteiger partial charge in [0.05, 0.1) is 10.7 Å². The maximum atomic E-state index is 4.94. The molecule has 2 unspecified atom stereocenters. The molecule has 1 fully saturated rings. The number of hydrogen-bond donors (Lipinski definition) is 1. The minimum Gasteiger partial charge on any atom is -0.319 e. The molecule has 0 radical (unpaired) electrons. The van der Waals surface area contributed by atoms with E-state index in [-0.39, 0.29) is 0 Å². The van der Waals surface area contributed by atoms with E-state index in [2.05, 4.69) is 42.6 Å². The summed E-state index contributed by atoms with van der Waals surface area (Å²) in [6.45, 7) is 3.34. The molecule has 3 heteroatoms. The first-order valence-electron chi connectivity index (χ1n) is 6.99. The molecule has 1 aromatic heterocycles. The zero-order valence-electron chi connectivity index (χ0n) is 11.5. The monoisotopic (exact) mass is 272 g/mol. The van der Waals surface area contributed by atoms with Crippen molar-refractivity contribution in [2.45, 2.75) is 25.7 Å². The predicted octanol–water partition coefficient (Wildman–Crippen LogP) is 3.70. The number of nitrogens with zero attached hydrogens (tertiary/aromatic N) is 1. The summed E-state index contributed by atoms with van der Waals surface area (Å²) in [5.74, 6) is 1.54. The average Bonchev–Trinajstić information content (AvgIpc) is 3.03. The molecule has 2 atom stereocenters. The number of likely N-dealkylation sites (N-methyl/N-ethyl adjacent to an activating group) is 1. The third kappa shape index (κ3) is 2.72. The van der Waals surface area contributed by atoms with Gasteiger partial charge in [0.2, 0.25) is 0 Å². The highest BCUT2D eigenvalue weighted by Crippen LogP contribution is 2.49. The molecule has 0 aliphatic heterocycles. The van der Waals surface area contributed by atoms with Crippen molar-refractivity contribution in [1.82, 2.24) is 10.3 Å². The van der Waals surface area contributed by atoms with Gasteiger partial charge in [-0.15, -0.1) is 11.3 Å². The third-order valence-corrected chi connectivity index (χ3v) is 5.04. The van der Waals surface area contributed by atoms with Crippen molar-refractivity contribution in [3.8, 4) is 11.3 Å². The largest absolute Gasteiger partial charge is 0.319 e. The number of nitrogens with one attached hydrogen (secondary N) is 1. The number of thiazole rings is 1. The fraction of sp³-hybridized carbons (Fsp3) is 0.438. The molecule has 19 heavy (non-hydrogen) atoms. The van der Waals surface area contributed by atoms with Gasteiger partial charge in [0.25, 0.3) is 0 Å². The SMILES string of the molecule is CNCCc1sc(C2CC2C)nc1-c1ccccc1. The summed E-state index contributed by atoms with van der Waals surface area (Å²) in [6.07, 6.45) is 2.38. The smallest absolute Gasteiger partial charge is 0.0969 e. The van der Waals surface area contributed by atoms with Crippen LogP contribution in [0.3, 0.4) is 0 Å². The van der Waals surface area contributed by atoms with Crippen molar-refractivity contribution >= 4 is 11.3 Å². The standard InChI is InChI=1S/C16H20N2S/c1-11-10-13(11)16-18-15(12-6-4-3-5-7-12)14(19-16)8-9-17-2/h3-7,11,13,17H,8-10H2,1-2H3. The molecule has 1 aromatic carbocycles. The first-order chi connectivity index (χ1) is 9.29. The van der Waals surface area contributed by atoms with Crippen molar-refractivity contribution in [1.29, 1.82) is 0 Å². The summed E-state index contributed by atoms with van der Waals surface area (Å²) < 4.78 is 0. The van der Waals surface area contributed by atoms with Gasteiger partial charge in [-0.25, -0.2) is 4.98 Å². The molecule has 3 rings (SSSR count). The van der Waals surface area contributed by atoms with Crippen LogP contribution in [0.4, 0.5) is 0 Å². The van der Waals surface area contributed by atoms with Crippen LogP contribution < -0.4 is 5.32 Å². The molecular weight excluding hydrogens is 252 g/mol. The predicted molar refractivity (Wildman–Crippen MR) is 81.7 cm³/mol. The first-order valence-corrected chi connectivity index (χ1v) is 7.81. The van der Waals surface area contributed by atoms with Crippen molar-refractivity contribution in [2.24, 2.45) is 5.92 Å². The highest BCUT2D eigenvalue weighted by Gasteiger charge is 2.37. The van der Waals surface area contributed by atoms with Crippen LogP contribution in [-0.2, 0) is 6.42 Å². The maximum Gasteiger partial charge on any atom is 0.0969 e. The van der Waals surface area contributed by atoms with E-state index in [4.69, 9.17) is 4.98 Å². The van der Waals surface area contributed by atoms with E-state index >= 15 is 0 Å². The molecular formula is C16H20N2S. The van der Waals surface area contributed by atoms with E-state index in [9.17, 15) is 0 Å². The van der Waals surface area contributed by atoms with Gasteiger partial charge >= 0.3 is 0 Å². The number of hydrogen-bond acceptors (Lipinski definition) is 3. The van der Waals surface area contributed by atoms with Crippen molar-refractivity contribution in [3.05, 3.63) is 40.2 Å². The van der Waals surface area contributed by atoms with Gasteiger partial charge in [0.15, 0.2) is 0 Å². The lowest BCUT2D eigenvalue weighted by atomic mass is 10.1. The van der Waals surface area contributed by atoms with Crippen LogP contribution in [0.5, 0.6) is 0 Å². The minimum atomic E-state index is 0.718. The van der Waals surface area contributed by atoms with Crippen LogP contribution in [0, 0.1) is 5.92 Å². The van der Waals surface area contributed by atoms with Gasteiger partial charge in [-0.05, 0) is 32.4 Å². The Hall–Kier alpha value is -1.19. The Bertz CT molecular complexity index is 547. The van der Waals surface area contributed by atoms with Crippen molar-refractivity contribution in [2.75, 3.05) is 13.6 Å². The molecule has 0 bridgehead atoms. The average molecular weight is 272 g/mol. The van der Waals surface area contributed by atoms with Gasteiger partial charge in [-0.3, -0.25) is 0 Å². The molecule has 1 N–H and O–H groups in total. The zero-order valence-corrected chi connectivity index (χ0v) is 12.3. The summed E-state index contributed by atoms with van der Waals surface area (Å²) in [5.41, 5.74) is 2.46. The van der Waals surface area contributed by atoms with Gasteiger partial charge in [0.1, 0.15) is 0 Å². The Labute approximate surface area is 118 Å². The summed E-state index contributed by atoms with van der Waals surface area (Å²) in [6, 6.07) is 10.6.